The van der Waals surface area contributed by atoms with Gasteiger partial charge in [0.1, 0.15) is 12.0 Å². The third kappa shape index (κ3) is 5.85. The smallest absolute Gasteiger partial charge is 0.319 e. The molecule has 0 aliphatic carbocycles. The minimum absolute atomic E-state index is 0.0222. The van der Waals surface area contributed by atoms with E-state index in [9.17, 15) is 9.59 Å². The maximum absolute atomic E-state index is 13.1. The number of amides is 1. The first-order valence-electron chi connectivity index (χ1n) is 10.1. The van der Waals surface area contributed by atoms with Crippen LogP contribution >= 0.6 is 39.3 Å². The normalized spacial score (nSPS) is 17.8. The van der Waals surface area contributed by atoms with Gasteiger partial charge in [0.2, 0.25) is 5.91 Å². The summed E-state index contributed by atoms with van der Waals surface area (Å²) in [5.74, 6) is 0.357. The van der Waals surface area contributed by atoms with E-state index in [4.69, 9.17) is 21.4 Å². The second-order valence-corrected chi connectivity index (χ2v) is 9.84. The quantitative estimate of drug-likeness (QED) is 0.357. The molecule has 1 aliphatic heterocycles. The number of hydrogen-bond acceptors (Lipinski definition) is 6. The first-order valence-corrected chi connectivity index (χ1v) is 12.7. The van der Waals surface area contributed by atoms with Gasteiger partial charge in [0.05, 0.1) is 19.4 Å². The van der Waals surface area contributed by atoms with Crippen molar-refractivity contribution >= 4 is 62.6 Å². The van der Waals surface area contributed by atoms with E-state index in [0.29, 0.717) is 22.8 Å². The molecular formula is C23H25BrClN3O3S. The van der Waals surface area contributed by atoms with Gasteiger partial charge >= 0.3 is 5.97 Å². The number of carbonyl (C=O) groups excluding carboxylic acids is 2. The molecule has 0 saturated carbocycles. The highest BCUT2D eigenvalue weighted by atomic mass is 79.9. The van der Waals surface area contributed by atoms with Crippen molar-refractivity contribution < 1.29 is 14.3 Å². The van der Waals surface area contributed by atoms with Gasteiger partial charge < -0.3 is 10.1 Å². The van der Waals surface area contributed by atoms with E-state index in [1.54, 1.807) is 28.9 Å². The van der Waals surface area contributed by atoms with Crippen LogP contribution in [0.3, 0.4) is 0 Å². The number of nitrogens with one attached hydrogen (secondary N) is 1. The van der Waals surface area contributed by atoms with E-state index in [1.807, 2.05) is 42.7 Å². The fourth-order valence-corrected chi connectivity index (χ4v) is 4.59. The zero-order valence-electron chi connectivity index (χ0n) is 17.9. The van der Waals surface area contributed by atoms with Gasteiger partial charge in [-0.1, -0.05) is 39.7 Å². The molecule has 0 aromatic heterocycles. The molecule has 1 N–H and O–H groups in total. The number of hydrogen-bond donors (Lipinski definition) is 1. The number of carbonyl (C=O) groups is 2. The third-order valence-corrected chi connectivity index (χ3v) is 6.72. The highest BCUT2D eigenvalue weighted by Crippen LogP contribution is 2.38. The molecule has 32 heavy (non-hydrogen) atoms. The topological polar surface area (TPSA) is 71.0 Å². The number of nitrogens with zero attached hydrogens (tertiary/aromatic N) is 2. The molecule has 0 radical (unpaired) electrons. The van der Waals surface area contributed by atoms with Crippen molar-refractivity contribution in [3.63, 3.8) is 0 Å². The van der Waals surface area contributed by atoms with Crippen molar-refractivity contribution in [1.29, 1.82) is 0 Å². The molecule has 0 spiro atoms. The van der Waals surface area contributed by atoms with E-state index in [-0.39, 0.29) is 25.0 Å². The molecule has 2 aromatic rings. The zero-order chi connectivity index (χ0) is 23.1. The summed E-state index contributed by atoms with van der Waals surface area (Å²) in [6.45, 7) is 0.300. The van der Waals surface area contributed by atoms with Crippen LogP contribution in [-0.2, 0) is 14.3 Å². The Bertz CT molecular complexity index is 985. The minimum Gasteiger partial charge on any atom is -0.468 e. The summed E-state index contributed by atoms with van der Waals surface area (Å²) in [4.78, 5) is 25.7. The largest absolute Gasteiger partial charge is 0.468 e. The molecule has 0 fully saturated rings. The average molecular weight is 539 g/mol. The molecule has 1 unspecified atom stereocenters. The standard InChI is InChI=1S/C23H25BrClN3O3S/c1-31-22(30)23(12-3-13-32-2)15-28(27-21(23)16-4-8-18(25)9-5-16)14-20(29)26-19-10-6-17(24)7-11-19/h4-11H,3,12-15H2,1-2H3,(H,26,29). The van der Waals surface area contributed by atoms with Crippen LogP contribution in [0.5, 0.6) is 0 Å². The molecule has 9 heteroatoms. The van der Waals surface area contributed by atoms with Gasteiger partial charge in [-0.15, -0.1) is 0 Å². The number of thioether (sulfide) groups is 1. The van der Waals surface area contributed by atoms with Crippen LogP contribution in [0, 0.1) is 5.41 Å². The number of benzene rings is 2. The number of esters is 1. The number of methoxy groups -OCH3 is 1. The summed E-state index contributed by atoms with van der Waals surface area (Å²) in [7, 11) is 1.39. The highest BCUT2D eigenvalue weighted by Gasteiger charge is 2.50. The molecular weight excluding hydrogens is 514 g/mol. The van der Waals surface area contributed by atoms with Gasteiger partial charge in [-0.3, -0.25) is 14.6 Å². The maximum Gasteiger partial charge on any atom is 0.319 e. The zero-order valence-corrected chi connectivity index (χ0v) is 21.1. The van der Waals surface area contributed by atoms with Gasteiger partial charge in [-0.2, -0.15) is 16.9 Å². The van der Waals surface area contributed by atoms with Gasteiger partial charge in [0.15, 0.2) is 0 Å². The van der Waals surface area contributed by atoms with Crippen molar-refractivity contribution in [2.24, 2.45) is 10.5 Å². The van der Waals surface area contributed by atoms with Crippen LogP contribution in [0.4, 0.5) is 5.69 Å². The maximum atomic E-state index is 13.1. The Kier molecular flexibility index (Phi) is 8.62. The number of anilines is 1. The summed E-state index contributed by atoms with van der Waals surface area (Å²) >= 11 is 11.2. The summed E-state index contributed by atoms with van der Waals surface area (Å²) in [6, 6.07) is 14.6. The average Bonchev–Trinajstić information content (AvgIpc) is 3.14. The Labute approximate surface area is 205 Å². The Morgan fingerprint density at radius 3 is 2.53 bits per heavy atom. The third-order valence-electron chi connectivity index (χ3n) is 5.25. The number of ether oxygens (including phenoxy) is 1. The Hall–Kier alpha value is -2.03. The van der Waals surface area contributed by atoms with Crippen LogP contribution in [0.1, 0.15) is 18.4 Å². The Morgan fingerprint density at radius 2 is 1.91 bits per heavy atom. The summed E-state index contributed by atoms with van der Waals surface area (Å²) < 4.78 is 6.15. The SMILES string of the molecule is COC(=O)C1(CCCSC)CN(CC(=O)Nc2ccc(Br)cc2)N=C1c1ccc(Cl)cc1. The second-order valence-electron chi connectivity index (χ2n) is 7.50. The molecule has 1 heterocycles. The van der Waals surface area contributed by atoms with E-state index in [2.05, 4.69) is 21.2 Å². The molecule has 170 valence electrons. The fourth-order valence-electron chi connectivity index (χ4n) is 3.77. The number of halogens is 2. The first-order chi connectivity index (χ1) is 15.4. The molecule has 2 aromatic carbocycles. The van der Waals surface area contributed by atoms with Gasteiger partial charge in [0, 0.05) is 15.2 Å². The lowest BCUT2D eigenvalue weighted by atomic mass is 9.76. The highest BCUT2D eigenvalue weighted by molar-refractivity contribution is 9.10. The number of hydrazone groups is 1. The van der Waals surface area contributed by atoms with Crippen molar-refractivity contribution in [1.82, 2.24) is 5.01 Å². The second kappa shape index (κ2) is 11.2. The molecule has 6 nitrogen and oxygen atoms in total. The molecule has 0 bridgehead atoms. The lowest BCUT2D eigenvalue weighted by molar-refractivity contribution is -0.149. The van der Waals surface area contributed by atoms with Crippen LogP contribution in [0.2, 0.25) is 5.02 Å². The predicted molar refractivity (Wildman–Crippen MR) is 134 cm³/mol. The molecule has 1 amide bonds. The van der Waals surface area contributed by atoms with Crippen molar-refractivity contribution in [2.75, 3.05) is 37.5 Å². The van der Waals surface area contributed by atoms with Crippen molar-refractivity contribution in [3.8, 4) is 0 Å². The Balaban J connectivity index is 1.87. The fraction of sp³-hybridized carbons (Fsp3) is 0.348. The molecule has 3 rings (SSSR count). The summed E-state index contributed by atoms with van der Waals surface area (Å²) in [5, 5.41) is 9.84. The lowest BCUT2D eigenvalue weighted by Crippen LogP contribution is -2.44. The van der Waals surface area contributed by atoms with Crippen LogP contribution in [-0.4, -0.2) is 54.8 Å². The van der Waals surface area contributed by atoms with Crippen LogP contribution in [0.25, 0.3) is 0 Å². The summed E-state index contributed by atoms with van der Waals surface area (Å²) in [5.41, 5.74) is 1.15. The summed E-state index contributed by atoms with van der Waals surface area (Å²) in [6.07, 6.45) is 3.43. The molecule has 1 atom stereocenters. The minimum atomic E-state index is -0.948. The van der Waals surface area contributed by atoms with E-state index in [0.717, 1.165) is 22.2 Å². The van der Waals surface area contributed by atoms with Gasteiger partial charge in [-0.05, 0) is 66.8 Å². The number of rotatable bonds is 9. The Morgan fingerprint density at radius 1 is 1.22 bits per heavy atom. The van der Waals surface area contributed by atoms with E-state index >= 15 is 0 Å². The van der Waals surface area contributed by atoms with Crippen molar-refractivity contribution in [2.45, 2.75) is 12.8 Å². The van der Waals surface area contributed by atoms with Gasteiger partial charge in [-0.25, -0.2) is 0 Å². The van der Waals surface area contributed by atoms with Crippen LogP contribution in [0.15, 0.2) is 58.1 Å². The van der Waals surface area contributed by atoms with E-state index in [1.165, 1.54) is 7.11 Å². The lowest BCUT2D eigenvalue weighted by Gasteiger charge is -2.28. The molecule has 1 aliphatic rings. The predicted octanol–water partition coefficient (Wildman–Crippen LogP) is 5.06. The monoisotopic (exact) mass is 537 g/mol. The van der Waals surface area contributed by atoms with Crippen LogP contribution < -0.4 is 5.32 Å². The molecule has 0 saturated heterocycles. The first kappa shape index (κ1) is 24.6. The van der Waals surface area contributed by atoms with Gasteiger partial charge in [0.25, 0.3) is 0 Å². The van der Waals surface area contributed by atoms with E-state index < -0.39 is 5.41 Å². The van der Waals surface area contributed by atoms with Crippen molar-refractivity contribution in [3.05, 3.63) is 63.6 Å².